The van der Waals surface area contributed by atoms with Crippen LogP contribution in [0.3, 0.4) is 0 Å². The number of benzene rings is 1. The van der Waals surface area contributed by atoms with Crippen molar-refractivity contribution in [2.45, 2.75) is 25.7 Å². The first-order chi connectivity index (χ1) is 15.2. The van der Waals surface area contributed by atoms with Gasteiger partial charge in [-0.2, -0.15) is 0 Å². The number of carbonyl (C=O) groups is 1. The molecule has 1 saturated heterocycles. The largest absolute Gasteiger partial charge is 0.486 e. The molecule has 2 aliphatic heterocycles. The minimum Gasteiger partial charge on any atom is -0.486 e. The van der Waals surface area contributed by atoms with Crippen LogP contribution in [0.5, 0.6) is 11.5 Å². The average Bonchev–Trinajstić information content (AvgIpc) is 2.84. The molecule has 2 aliphatic rings. The lowest BCUT2D eigenvalue weighted by Gasteiger charge is -2.33. The molecular formula is C24H24N4O3. The van der Waals surface area contributed by atoms with Crippen molar-refractivity contribution < 1.29 is 14.3 Å². The third kappa shape index (κ3) is 3.95. The van der Waals surface area contributed by atoms with Crippen LogP contribution < -0.4 is 9.47 Å². The smallest absolute Gasteiger partial charge is 0.254 e. The van der Waals surface area contributed by atoms with Gasteiger partial charge in [0.15, 0.2) is 11.5 Å². The van der Waals surface area contributed by atoms with Crippen molar-refractivity contribution in [1.29, 1.82) is 0 Å². The van der Waals surface area contributed by atoms with E-state index in [2.05, 4.69) is 9.97 Å². The zero-order valence-electron chi connectivity index (χ0n) is 17.5. The molecule has 7 nitrogen and oxygen atoms in total. The molecule has 7 heteroatoms. The summed E-state index contributed by atoms with van der Waals surface area (Å²) >= 11 is 0. The van der Waals surface area contributed by atoms with Gasteiger partial charge < -0.3 is 14.4 Å². The van der Waals surface area contributed by atoms with Crippen molar-refractivity contribution in [1.82, 2.24) is 19.9 Å². The summed E-state index contributed by atoms with van der Waals surface area (Å²) < 4.78 is 11.2. The van der Waals surface area contributed by atoms with E-state index in [-0.39, 0.29) is 11.8 Å². The van der Waals surface area contributed by atoms with Gasteiger partial charge in [-0.15, -0.1) is 0 Å². The summed E-state index contributed by atoms with van der Waals surface area (Å²) in [4.78, 5) is 28.5. The van der Waals surface area contributed by atoms with Crippen LogP contribution in [-0.2, 0) is 0 Å². The Morgan fingerprint density at radius 3 is 2.74 bits per heavy atom. The van der Waals surface area contributed by atoms with E-state index in [1.807, 2.05) is 42.3 Å². The first-order valence-electron chi connectivity index (χ1n) is 10.6. The van der Waals surface area contributed by atoms with Gasteiger partial charge in [0.2, 0.25) is 0 Å². The summed E-state index contributed by atoms with van der Waals surface area (Å²) in [6.07, 6.45) is 7.35. The van der Waals surface area contributed by atoms with Gasteiger partial charge in [-0.1, -0.05) is 0 Å². The number of amides is 1. The summed E-state index contributed by atoms with van der Waals surface area (Å²) in [6, 6.07) is 9.36. The molecule has 1 atom stereocenters. The minimum atomic E-state index is 0.0120. The van der Waals surface area contributed by atoms with Crippen LogP contribution in [0.4, 0.5) is 0 Å². The fraction of sp³-hybridized carbons (Fsp3) is 0.333. The highest BCUT2D eigenvalue weighted by Crippen LogP contribution is 2.35. The topological polar surface area (TPSA) is 77.4 Å². The Balaban J connectivity index is 1.41. The Labute approximate surface area is 181 Å². The van der Waals surface area contributed by atoms with E-state index in [4.69, 9.17) is 14.5 Å². The van der Waals surface area contributed by atoms with Crippen LogP contribution in [0.2, 0.25) is 0 Å². The number of hydrogen-bond acceptors (Lipinski definition) is 6. The van der Waals surface area contributed by atoms with E-state index in [1.54, 1.807) is 18.5 Å². The molecule has 5 rings (SSSR count). The van der Waals surface area contributed by atoms with Gasteiger partial charge in [-0.3, -0.25) is 9.78 Å². The normalized spacial score (nSPS) is 18.0. The number of nitrogens with zero attached hydrogens (tertiary/aromatic N) is 4. The van der Waals surface area contributed by atoms with E-state index in [0.717, 1.165) is 42.0 Å². The molecule has 31 heavy (non-hydrogen) atoms. The molecule has 0 unspecified atom stereocenters. The second kappa shape index (κ2) is 8.34. The molecule has 3 aromatic rings. The first-order valence-corrected chi connectivity index (χ1v) is 10.6. The second-order valence-corrected chi connectivity index (χ2v) is 7.90. The molecule has 0 bridgehead atoms. The molecule has 1 amide bonds. The fourth-order valence-electron chi connectivity index (χ4n) is 4.30. The van der Waals surface area contributed by atoms with Crippen LogP contribution in [-0.4, -0.2) is 52.1 Å². The predicted octanol–water partition coefficient (Wildman–Crippen LogP) is 3.64. The summed E-state index contributed by atoms with van der Waals surface area (Å²) in [5, 5.41) is 0. The maximum atomic E-state index is 13.3. The maximum absolute atomic E-state index is 13.3. The number of carbonyl (C=O) groups excluding carboxylic acids is 1. The number of fused-ring (bicyclic) bond motifs is 1. The standard InChI is InChI=1S/C24H24N4O3/c1-16-26-14-20(17-6-8-25-9-7-17)23(27-16)19-3-2-10-28(15-19)24(29)18-4-5-21-22(13-18)31-12-11-30-21/h4-9,13-14,19H,2-3,10-12,15H2,1H3/t19-/m1/s1. The fourth-order valence-corrected chi connectivity index (χ4v) is 4.30. The second-order valence-electron chi connectivity index (χ2n) is 7.90. The van der Waals surface area contributed by atoms with Gasteiger partial charge in [0.05, 0.1) is 5.69 Å². The van der Waals surface area contributed by atoms with Crippen LogP contribution in [0, 0.1) is 6.92 Å². The monoisotopic (exact) mass is 416 g/mol. The predicted molar refractivity (Wildman–Crippen MR) is 115 cm³/mol. The summed E-state index contributed by atoms with van der Waals surface area (Å²) in [7, 11) is 0. The molecule has 158 valence electrons. The number of aryl methyl sites for hydroxylation is 1. The molecular weight excluding hydrogens is 392 g/mol. The third-order valence-electron chi connectivity index (χ3n) is 5.81. The molecule has 1 aromatic carbocycles. The van der Waals surface area contributed by atoms with Crippen molar-refractivity contribution in [3.05, 3.63) is 66.0 Å². The lowest BCUT2D eigenvalue weighted by Crippen LogP contribution is -2.39. The summed E-state index contributed by atoms with van der Waals surface area (Å²) in [5.41, 5.74) is 3.67. The molecule has 0 N–H and O–H groups in total. The zero-order chi connectivity index (χ0) is 21.2. The van der Waals surface area contributed by atoms with Gasteiger partial charge >= 0.3 is 0 Å². The highest BCUT2D eigenvalue weighted by atomic mass is 16.6. The van der Waals surface area contributed by atoms with E-state index in [9.17, 15) is 4.79 Å². The number of hydrogen-bond donors (Lipinski definition) is 0. The lowest BCUT2D eigenvalue weighted by atomic mass is 9.89. The van der Waals surface area contributed by atoms with Gasteiger partial charge in [-0.05, 0) is 55.7 Å². The number of piperidine rings is 1. The average molecular weight is 416 g/mol. The van der Waals surface area contributed by atoms with Gasteiger partial charge in [0, 0.05) is 48.7 Å². The number of pyridine rings is 1. The Morgan fingerprint density at radius 1 is 1.10 bits per heavy atom. The molecule has 0 radical (unpaired) electrons. The van der Waals surface area contributed by atoms with Gasteiger partial charge in [-0.25, -0.2) is 9.97 Å². The van der Waals surface area contributed by atoms with Crippen molar-refractivity contribution >= 4 is 5.91 Å². The number of aromatic nitrogens is 3. The van der Waals surface area contributed by atoms with Gasteiger partial charge in [0.1, 0.15) is 19.0 Å². The Kier molecular flexibility index (Phi) is 5.24. The summed E-state index contributed by atoms with van der Waals surface area (Å²) in [6.45, 7) is 4.30. The lowest BCUT2D eigenvalue weighted by molar-refractivity contribution is 0.0705. The third-order valence-corrected chi connectivity index (χ3v) is 5.81. The molecule has 0 aliphatic carbocycles. The van der Waals surface area contributed by atoms with Crippen LogP contribution >= 0.6 is 0 Å². The van der Waals surface area contributed by atoms with Gasteiger partial charge in [0.25, 0.3) is 5.91 Å². The Bertz CT molecular complexity index is 1100. The maximum Gasteiger partial charge on any atom is 0.254 e. The highest BCUT2D eigenvalue weighted by Gasteiger charge is 2.29. The van der Waals surface area contributed by atoms with Crippen LogP contribution in [0.15, 0.2) is 48.9 Å². The SMILES string of the molecule is Cc1ncc(-c2ccncc2)c([C@@H]2CCCN(C(=O)c3ccc4c(c3)OCCO4)C2)n1. The molecule has 0 saturated carbocycles. The number of ether oxygens (including phenoxy) is 2. The van der Waals surface area contributed by atoms with Crippen LogP contribution in [0.25, 0.3) is 11.1 Å². The van der Waals surface area contributed by atoms with E-state index in [0.29, 0.717) is 36.8 Å². The molecule has 2 aromatic heterocycles. The quantitative estimate of drug-likeness (QED) is 0.649. The van der Waals surface area contributed by atoms with Crippen molar-refractivity contribution in [3.8, 4) is 22.6 Å². The first kappa shape index (κ1) is 19.5. The van der Waals surface area contributed by atoms with Crippen LogP contribution in [0.1, 0.15) is 40.6 Å². The molecule has 4 heterocycles. The van der Waals surface area contributed by atoms with Crippen molar-refractivity contribution in [2.75, 3.05) is 26.3 Å². The van der Waals surface area contributed by atoms with E-state index in [1.165, 1.54) is 0 Å². The van der Waals surface area contributed by atoms with E-state index < -0.39 is 0 Å². The minimum absolute atomic E-state index is 0.0120. The summed E-state index contributed by atoms with van der Waals surface area (Å²) in [5.74, 6) is 2.23. The number of likely N-dealkylation sites (tertiary alicyclic amines) is 1. The van der Waals surface area contributed by atoms with Crippen molar-refractivity contribution in [2.24, 2.45) is 0 Å². The highest BCUT2D eigenvalue weighted by molar-refractivity contribution is 5.95. The molecule has 1 fully saturated rings. The number of rotatable bonds is 3. The Hall–Kier alpha value is -3.48. The zero-order valence-corrected chi connectivity index (χ0v) is 17.5. The van der Waals surface area contributed by atoms with E-state index >= 15 is 0 Å². The van der Waals surface area contributed by atoms with Crippen molar-refractivity contribution in [3.63, 3.8) is 0 Å². The molecule has 0 spiro atoms. The Morgan fingerprint density at radius 2 is 1.90 bits per heavy atom.